The van der Waals surface area contributed by atoms with E-state index in [1.165, 1.54) is 35.1 Å². The molecule has 1 aliphatic carbocycles. The topological polar surface area (TPSA) is 103 Å². The number of hydrogen-bond acceptors (Lipinski definition) is 7. The molecule has 2 N–H and O–H groups in total. The molecule has 1 fully saturated rings. The van der Waals surface area contributed by atoms with Gasteiger partial charge < -0.3 is 15.4 Å². The highest BCUT2D eigenvalue weighted by atomic mass is 35.5. The van der Waals surface area contributed by atoms with Crippen molar-refractivity contribution in [1.82, 2.24) is 15.3 Å². The van der Waals surface area contributed by atoms with Crippen molar-refractivity contribution in [2.45, 2.75) is 24.8 Å². The number of nitrogens with one attached hydrogen (secondary N) is 2. The van der Waals surface area contributed by atoms with Gasteiger partial charge in [-0.1, -0.05) is 23.7 Å². The van der Waals surface area contributed by atoms with E-state index in [0.29, 0.717) is 16.7 Å². The van der Waals surface area contributed by atoms with Crippen molar-refractivity contribution in [1.29, 1.82) is 5.26 Å². The van der Waals surface area contributed by atoms with Gasteiger partial charge in [-0.2, -0.15) is 10.2 Å². The molecule has 1 aromatic heterocycles. The lowest BCUT2D eigenvalue weighted by Gasteiger charge is -2.29. The molecule has 3 aromatic rings. The summed E-state index contributed by atoms with van der Waals surface area (Å²) in [5.74, 6) is 0.169. The van der Waals surface area contributed by atoms with Gasteiger partial charge in [0.1, 0.15) is 11.6 Å². The van der Waals surface area contributed by atoms with Crippen molar-refractivity contribution in [3.05, 3.63) is 69.9 Å². The number of carbonyl (C=O) groups excluding carboxylic acids is 1. The van der Waals surface area contributed by atoms with E-state index in [-0.39, 0.29) is 35.2 Å². The molecule has 1 amide bonds. The van der Waals surface area contributed by atoms with E-state index in [1.807, 2.05) is 6.07 Å². The lowest BCUT2D eigenvalue weighted by molar-refractivity contribution is 0.0932. The Morgan fingerprint density at radius 1 is 1.27 bits per heavy atom. The SMILES string of the molecule is N#Cc1cccc(Cl)c1N1COc2nc(Nc3ccc4c(c3)CCNC43CC3)ncc2C1=O. The normalized spacial score (nSPS) is 17.6. The van der Waals surface area contributed by atoms with E-state index in [9.17, 15) is 10.1 Å². The predicted molar refractivity (Wildman–Crippen MR) is 123 cm³/mol. The third kappa shape index (κ3) is 3.28. The minimum absolute atomic E-state index is 0.103. The second-order valence-electron chi connectivity index (χ2n) is 8.42. The molecule has 0 unspecified atom stereocenters. The van der Waals surface area contributed by atoms with Crippen LogP contribution in [0.15, 0.2) is 42.6 Å². The molecule has 2 aliphatic heterocycles. The molecular formula is C24H19ClN6O2. The second-order valence-corrected chi connectivity index (χ2v) is 8.83. The molecule has 8 nitrogen and oxygen atoms in total. The van der Waals surface area contributed by atoms with Crippen LogP contribution in [-0.4, -0.2) is 29.2 Å². The summed E-state index contributed by atoms with van der Waals surface area (Å²) in [5.41, 5.74) is 4.61. The Hall–Kier alpha value is -3.67. The lowest BCUT2D eigenvalue weighted by Crippen LogP contribution is -2.40. The molecule has 33 heavy (non-hydrogen) atoms. The van der Waals surface area contributed by atoms with E-state index >= 15 is 0 Å². The predicted octanol–water partition coefficient (Wildman–Crippen LogP) is 3.88. The zero-order valence-electron chi connectivity index (χ0n) is 17.6. The van der Waals surface area contributed by atoms with Gasteiger partial charge >= 0.3 is 0 Å². The first-order chi connectivity index (χ1) is 16.1. The van der Waals surface area contributed by atoms with Crippen LogP contribution in [0.2, 0.25) is 5.02 Å². The van der Waals surface area contributed by atoms with Gasteiger partial charge in [0, 0.05) is 24.0 Å². The van der Waals surface area contributed by atoms with E-state index < -0.39 is 0 Å². The summed E-state index contributed by atoms with van der Waals surface area (Å²) in [5, 5.41) is 16.6. The maximum Gasteiger partial charge on any atom is 0.268 e. The zero-order valence-corrected chi connectivity index (χ0v) is 18.3. The van der Waals surface area contributed by atoms with Crippen molar-refractivity contribution in [3.8, 4) is 11.9 Å². The molecule has 0 saturated heterocycles. The fraction of sp³-hybridized carbons (Fsp3) is 0.250. The number of para-hydroxylation sites is 1. The molecule has 1 spiro atoms. The van der Waals surface area contributed by atoms with Crippen molar-refractivity contribution < 1.29 is 9.53 Å². The lowest BCUT2D eigenvalue weighted by atomic mass is 9.92. The van der Waals surface area contributed by atoms with Gasteiger partial charge in [-0.25, -0.2) is 4.98 Å². The molecule has 0 bridgehead atoms. The number of carbonyl (C=O) groups is 1. The van der Waals surface area contributed by atoms with Crippen LogP contribution in [0.1, 0.15) is 39.9 Å². The fourth-order valence-electron chi connectivity index (χ4n) is 4.64. The van der Waals surface area contributed by atoms with E-state index in [2.05, 4.69) is 38.8 Å². The number of aromatic nitrogens is 2. The van der Waals surface area contributed by atoms with Crippen molar-refractivity contribution in [3.63, 3.8) is 0 Å². The van der Waals surface area contributed by atoms with Crippen LogP contribution in [0, 0.1) is 11.3 Å². The number of anilines is 3. The van der Waals surface area contributed by atoms with Gasteiger partial charge in [-0.15, -0.1) is 0 Å². The molecule has 3 heterocycles. The molecule has 3 aliphatic rings. The van der Waals surface area contributed by atoms with Crippen molar-refractivity contribution >= 4 is 34.8 Å². The van der Waals surface area contributed by atoms with Crippen LogP contribution < -0.4 is 20.3 Å². The van der Waals surface area contributed by atoms with E-state index in [1.54, 1.807) is 18.2 Å². The number of hydrogen-bond donors (Lipinski definition) is 2. The van der Waals surface area contributed by atoms with Crippen LogP contribution in [0.4, 0.5) is 17.3 Å². The van der Waals surface area contributed by atoms with Crippen LogP contribution in [0.3, 0.4) is 0 Å². The molecule has 0 atom stereocenters. The second kappa shape index (κ2) is 7.44. The quantitative estimate of drug-likeness (QED) is 0.613. The molecular weight excluding hydrogens is 440 g/mol. The van der Waals surface area contributed by atoms with Crippen LogP contribution in [0.5, 0.6) is 5.88 Å². The van der Waals surface area contributed by atoms with Crippen LogP contribution in [-0.2, 0) is 12.0 Å². The van der Waals surface area contributed by atoms with E-state index in [4.69, 9.17) is 16.3 Å². The van der Waals surface area contributed by atoms with Crippen molar-refractivity contribution in [2.75, 3.05) is 23.5 Å². The summed E-state index contributed by atoms with van der Waals surface area (Å²) >= 11 is 6.28. The smallest absolute Gasteiger partial charge is 0.268 e. The van der Waals surface area contributed by atoms with Gasteiger partial charge in [0.2, 0.25) is 11.8 Å². The summed E-state index contributed by atoms with van der Waals surface area (Å²) in [6, 6.07) is 13.3. The van der Waals surface area contributed by atoms with Gasteiger partial charge in [0.05, 0.1) is 16.3 Å². The Morgan fingerprint density at radius 3 is 2.97 bits per heavy atom. The largest absolute Gasteiger partial charge is 0.455 e. The fourth-order valence-corrected chi connectivity index (χ4v) is 4.91. The number of amides is 1. The first kappa shape index (κ1) is 20.0. The van der Waals surface area contributed by atoms with Crippen molar-refractivity contribution in [2.24, 2.45) is 0 Å². The third-order valence-corrected chi connectivity index (χ3v) is 6.73. The summed E-state index contributed by atoms with van der Waals surface area (Å²) in [7, 11) is 0. The Labute approximate surface area is 195 Å². The van der Waals surface area contributed by atoms with Crippen LogP contribution in [0.25, 0.3) is 0 Å². The average molecular weight is 459 g/mol. The van der Waals surface area contributed by atoms with Gasteiger partial charge in [0.15, 0.2) is 6.73 Å². The number of ether oxygens (including phenoxy) is 1. The molecule has 164 valence electrons. The Bertz CT molecular complexity index is 1350. The Kier molecular flexibility index (Phi) is 4.50. The molecule has 0 radical (unpaired) electrons. The van der Waals surface area contributed by atoms with E-state index in [0.717, 1.165) is 18.7 Å². The average Bonchev–Trinajstić information content (AvgIpc) is 3.59. The minimum atomic E-state index is -0.372. The standard InChI is InChI=1S/C24H19ClN6O2/c25-19-3-1-2-15(11-26)20(19)31-13-33-21-17(22(31)32)12-27-23(30-21)29-16-4-5-18-14(10-16)6-9-28-24(18)7-8-24/h1-5,10,12,28H,6-9,13H2,(H,27,29,30). The van der Waals surface area contributed by atoms with Crippen LogP contribution >= 0.6 is 11.6 Å². The number of benzene rings is 2. The van der Waals surface area contributed by atoms with Gasteiger partial charge in [-0.05, 0) is 54.7 Å². The monoisotopic (exact) mass is 458 g/mol. The first-order valence-electron chi connectivity index (χ1n) is 10.7. The number of nitrogens with zero attached hydrogens (tertiary/aromatic N) is 4. The maximum absolute atomic E-state index is 13.1. The number of rotatable bonds is 3. The summed E-state index contributed by atoms with van der Waals surface area (Å²) < 4.78 is 5.76. The highest BCUT2D eigenvalue weighted by Crippen LogP contribution is 2.49. The Morgan fingerprint density at radius 2 is 2.15 bits per heavy atom. The highest BCUT2D eigenvalue weighted by Gasteiger charge is 2.46. The summed E-state index contributed by atoms with van der Waals surface area (Å²) in [4.78, 5) is 23.2. The first-order valence-corrected chi connectivity index (χ1v) is 11.1. The number of fused-ring (bicyclic) bond motifs is 3. The molecule has 2 aromatic carbocycles. The Balaban J connectivity index is 1.26. The minimum Gasteiger partial charge on any atom is -0.455 e. The van der Waals surface area contributed by atoms with Gasteiger partial charge in [-0.3, -0.25) is 9.69 Å². The summed E-state index contributed by atoms with van der Waals surface area (Å²) in [6.07, 6.45) is 4.79. The zero-order chi connectivity index (χ0) is 22.6. The van der Waals surface area contributed by atoms with Gasteiger partial charge in [0.25, 0.3) is 5.91 Å². The molecule has 9 heteroatoms. The third-order valence-electron chi connectivity index (χ3n) is 6.42. The highest BCUT2D eigenvalue weighted by molar-refractivity contribution is 6.34. The maximum atomic E-state index is 13.1. The molecule has 1 saturated carbocycles. The molecule has 6 rings (SSSR count). The number of nitriles is 1. The summed E-state index contributed by atoms with van der Waals surface area (Å²) in [6.45, 7) is 0.881. The number of halogens is 1.